The smallest absolute Gasteiger partial charge is 0.412 e. The summed E-state index contributed by atoms with van der Waals surface area (Å²) in [6.45, 7) is 3.80. The van der Waals surface area contributed by atoms with Crippen molar-refractivity contribution >= 4 is 27.7 Å². The van der Waals surface area contributed by atoms with Crippen LogP contribution in [0.1, 0.15) is 17.0 Å². The van der Waals surface area contributed by atoms with E-state index >= 15 is 0 Å². The Hall–Kier alpha value is -2.67. The second-order valence-electron chi connectivity index (χ2n) is 5.42. The molecule has 2 heterocycles. The quantitative estimate of drug-likeness (QED) is 0.674. The number of nitrogens with one attached hydrogen (secondary N) is 1. The topological polar surface area (TPSA) is 77.3 Å². The van der Waals surface area contributed by atoms with Gasteiger partial charge in [-0.3, -0.25) is 5.32 Å². The van der Waals surface area contributed by atoms with Crippen molar-refractivity contribution in [3.63, 3.8) is 0 Å². The fraction of sp³-hybridized carbons (Fsp3) is 0.167. The molecule has 0 radical (unpaired) electrons. The number of anilines is 1. The van der Waals surface area contributed by atoms with Crippen LogP contribution in [-0.2, 0) is 11.3 Å². The predicted octanol–water partition coefficient (Wildman–Crippen LogP) is 4.86. The van der Waals surface area contributed by atoms with Crippen LogP contribution >= 0.6 is 15.9 Å². The fourth-order valence-electron chi connectivity index (χ4n) is 2.22. The Morgan fingerprint density at radius 1 is 1.16 bits per heavy atom. The Morgan fingerprint density at radius 3 is 2.64 bits per heavy atom. The molecule has 6 nitrogen and oxygen atoms in total. The summed E-state index contributed by atoms with van der Waals surface area (Å²) in [6, 6.07) is 13.1. The highest BCUT2D eigenvalue weighted by atomic mass is 79.9. The van der Waals surface area contributed by atoms with Crippen LogP contribution in [0.25, 0.3) is 11.5 Å². The van der Waals surface area contributed by atoms with Crippen LogP contribution in [0.2, 0.25) is 0 Å². The van der Waals surface area contributed by atoms with Crippen LogP contribution in [-0.4, -0.2) is 16.2 Å². The first-order chi connectivity index (χ1) is 12.0. The molecule has 0 aliphatic rings. The molecule has 0 spiro atoms. The minimum atomic E-state index is -0.578. The van der Waals surface area contributed by atoms with Gasteiger partial charge in [0, 0.05) is 4.47 Å². The first kappa shape index (κ1) is 17.2. The lowest BCUT2D eigenvalue weighted by Crippen LogP contribution is -2.14. The number of hydrogen-bond donors (Lipinski definition) is 1. The van der Waals surface area contributed by atoms with Crippen molar-refractivity contribution in [2.24, 2.45) is 0 Å². The maximum absolute atomic E-state index is 12.1. The van der Waals surface area contributed by atoms with E-state index in [1.54, 1.807) is 13.0 Å². The molecule has 3 rings (SSSR count). The standard InChI is InChI=1S/C18H16BrN3O3/c1-11-14(19)8-9-15(20-11)17-16(12(2)22-25-17)21-18(23)24-10-13-6-4-3-5-7-13/h3-9H,10H2,1-2H3,(H,21,23). The van der Waals surface area contributed by atoms with Gasteiger partial charge in [-0.05, 0) is 47.5 Å². The van der Waals surface area contributed by atoms with E-state index in [4.69, 9.17) is 9.26 Å². The minimum absolute atomic E-state index is 0.183. The van der Waals surface area contributed by atoms with E-state index < -0.39 is 6.09 Å². The molecule has 1 aromatic carbocycles. The Kier molecular flexibility index (Phi) is 5.14. The molecule has 0 unspecified atom stereocenters. The molecule has 1 N–H and O–H groups in total. The lowest BCUT2D eigenvalue weighted by molar-refractivity contribution is 0.155. The molecule has 25 heavy (non-hydrogen) atoms. The number of amides is 1. The molecule has 2 aromatic heterocycles. The Labute approximate surface area is 153 Å². The van der Waals surface area contributed by atoms with Crippen LogP contribution in [0.4, 0.5) is 10.5 Å². The number of aryl methyl sites for hydroxylation is 2. The van der Waals surface area contributed by atoms with Gasteiger partial charge in [-0.25, -0.2) is 9.78 Å². The van der Waals surface area contributed by atoms with E-state index in [9.17, 15) is 4.79 Å². The Bertz CT molecular complexity index is 894. The number of ether oxygens (including phenoxy) is 1. The number of pyridine rings is 1. The normalized spacial score (nSPS) is 10.5. The van der Waals surface area contributed by atoms with Crippen molar-refractivity contribution in [2.75, 3.05) is 5.32 Å². The van der Waals surface area contributed by atoms with E-state index in [1.165, 1.54) is 0 Å². The van der Waals surface area contributed by atoms with Crippen molar-refractivity contribution in [1.29, 1.82) is 0 Å². The molecule has 0 fully saturated rings. The van der Waals surface area contributed by atoms with E-state index in [2.05, 4.69) is 31.4 Å². The maximum Gasteiger partial charge on any atom is 0.412 e. The zero-order valence-electron chi connectivity index (χ0n) is 13.7. The number of benzene rings is 1. The predicted molar refractivity (Wildman–Crippen MR) is 97.2 cm³/mol. The zero-order chi connectivity index (χ0) is 17.8. The number of rotatable bonds is 4. The summed E-state index contributed by atoms with van der Waals surface area (Å²) in [5, 5.41) is 6.61. The highest BCUT2D eigenvalue weighted by Crippen LogP contribution is 2.31. The second-order valence-corrected chi connectivity index (χ2v) is 6.28. The van der Waals surface area contributed by atoms with Gasteiger partial charge in [-0.15, -0.1) is 0 Å². The third-order valence-corrected chi connectivity index (χ3v) is 4.39. The summed E-state index contributed by atoms with van der Waals surface area (Å²) in [7, 11) is 0. The third-order valence-electron chi connectivity index (χ3n) is 3.56. The first-order valence-electron chi connectivity index (χ1n) is 7.62. The van der Waals surface area contributed by atoms with Crippen molar-refractivity contribution < 1.29 is 14.1 Å². The number of nitrogens with zero attached hydrogens (tertiary/aromatic N) is 2. The molecule has 0 aliphatic carbocycles. The van der Waals surface area contributed by atoms with Gasteiger partial charge in [-0.1, -0.05) is 35.5 Å². The monoisotopic (exact) mass is 401 g/mol. The highest BCUT2D eigenvalue weighted by Gasteiger charge is 2.19. The van der Waals surface area contributed by atoms with Crippen LogP contribution in [0, 0.1) is 13.8 Å². The Balaban J connectivity index is 1.75. The van der Waals surface area contributed by atoms with Crippen molar-refractivity contribution in [2.45, 2.75) is 20.5 Å². The molecule has 0 aliphatic heterocycles. The van der Waals surface area contributed by atoms with Gasteiger partial charge in [-0.2, -0.15) is 0 Å². The number of carbonyl (C=O) groups is 1. The third kappa shape index (κ3) is 4.06. The van der Waals surface area contributed by atoms with Gasteiger partial charge in [0.1, 0.15) is 23.7 Å². The van der Waals surface area contributed by atoms with Crippen LogP contribution in [0.5, 0.6) is 0 Å². The Morgan fingerprint density at radius 2 is 1.92 bits per heavy atom. The summed E-state index contributed by atoms with van der Waals surface area (Å²) < 4.78 is 11.5. The summed E-state index contributed by atoms with van der Waals surface area (Å²) in [5.41, 5.74) is 3.30. The maximum atomic E-state index is 12.1. The molecule has 3 aromatic rings. The first-order valence-corrected chi connectivity index (χ1v) is 8.41. The number of aromatic nitrogens is 2. The molecular weight excluding hydrogens is 386 g/mol. The SMILES string of the molecule is Cc1nc(-c2onc(C)c2NC(=O)OCc2ccccc2)ccc1Br. The lowest BCUT2D eigenvalue weighted by atomic mass is 10.2. The second kappa shape index (κ2) is 7.48. The van der Waals surface area contributed by atoms with E-state index in [-0.39, 0.29) is 6.61 Å². The highest BCUT2D eigenvalue weighted by molar-refractivity contribution is 9.10. The van der Waals surface area contributed by atoms with Gasteiger partial charge >= 0.3 is 6.09 Å². The molecule has 128 valence electrons. The minimum Gasteiger partial charge on any atom is -0.444 e. The van der Waals surface area contributed by atoms with Gasteiger partial charge in [0.15, 0.2) is 0 Å². The van der Waals surface area contributed by atoms with Crippen LogP contribution in [0.15, 0.2) is 51.5 Å². The summed E-state index contributed by atoms with van der Waals surface area (Å²) in [5.74, 6) is 0.393. The number of carbonyl (C=O) groups excluding carboxylic acids is 1. The number of halogens is 1. The summed E-state index contributed by atoms with van der Waals surface area (Å²) in [6.07, 6.45) is -0.578. The molecule has 0 saturated carbocycles. The number of hydrogen-bond acceptors (Lipinski definition) is 5. The molecule has 0 bridgehead atoms. The average molecular weight is 402 g/mol. The molecule has 0 atom stereocenters. The van der Waals surface area contributed by atoms with Crippen molar-refractivity contribution in [3.05, 3.63) is 63.9 Å². The molecule has 0 saturated heterocycles. The fourth-order valence-corrected chi connectivity index (χ4v) is 2.44. The van der Waals surface area contributed by atoms with Gasteiger partial charge in [0.05, 0.1) is 5.69 Å². The zero-order valence-corrected chi connectivity index (χ0v) is 15.3. The van der Waals surface area contributed by atoms with Crippen LogP contribution in [0.3, 0.4) is 0 Å². The van der Waals surface area contributed by atoms with E-state index in [0.717, 1.165) is 15.7 Å². The van der Waals surface area contributed by atoms with Gasteiger partial charge in [0.2, 0.25) is 5.76 Å². The summed E-state index contributed by atoms with van der Waals surface area (Å²) in [4.78, 5) is 16.6. The van der Waals surface area contributed by atoms with Gasteiger partial charge in [0.25, 0.3) is 0 Å². The summed E-state index contributed by atoms with van der Waals surface area (Å²) >= 11 is 3.41. The van der Waals surface area contributed by atoms with Crippen molar-refractivity contribution in [3.8, 4) is 11.5 Å². The van der Waals surface area contributed by atoms with Crippen molar-refractivity contribution in [1.82, 2.24) is 10.1 Å². The van der Waals surface area contributed by atoms with E-state index in [0.29, 0.717) is 22.8 Å². The van der Waals surface area contributed by atoms with Crippen LogP contribution < -0.4 is 5.32 Å². The molecular formula is C18H16BrN3O3. The molecule has 7 heteroatoms. The van der Waals surface area contributed by atoms with E-state index in [1.807, 2.05) is 43.3 Å². The largest absolute Gasteiger partial charge is 0.444 e. The average Bonchev–Trinajstić information content (AvgIpc) is 2.97. The van der Waals surface area contributed by atoms with Gasteiger partial charge < -0.3 is 9.26 Å². The lowest BCUT2D eigenvalue weighted by Gasteiger charge is -2.08. The molecule has 1 amide bonds.